The van der Waals surface area contributed by atoms with Crippen LogP contribution in [-0.4, -0.2) is 34.7 Å². The summed E-state index contributed by atoms with van der Waals surface area (Å²) in [6, 6.07) is 1.98. The molecule has 0 aromatic carbocycles. The van der Waals surface area contributed by atoms with Crippen molar-refractivity contribution >= 4 is 0 Å². The zero-order chi connectivity index (χ0) is 9.52. The van der Waals surface area contributed by atoms with Gasteiger partial charge in [0.15, 0.2) is 0 Å². The van der Waals surface area contributed by atoms with Gasteiger partial charge in [0, 0.05) is 25.8 Å². The summed E-state index contributed by atoms with van der Waals surface area (Å²) in [5, 5.41) is 7.56. The summed E-state index contributed by atoms with van der Waals surface area (Å²) in [4.78, 5) is 2.27. The highest BCUT2D eigenvalue weighted by molar-refractivity contribution is 5.04. The van der Waals surface area contributed by atoms with Gasteiger partial charge in [-0.1, -0.05) is 6.92 Å². The van der Waals surface area contributed by atoms with Crippen molar-refractivity contribution in [2.24, 2.45) is 5.73 Å². The van der Waals surface area contributed by atoms with Crippen molar-refractivity contribution in [1.82, 2.24) is 15.1 Å². The summed E-state index contributed by atoms with van der Waals surface area (Å²) >= 11 is 0. The molecule has 13 heavy (non-hydrogen) atoms. The molecule has 4 nitrogen and oxygen atoms in total. The molecular formula is C9H16N4. The number of nitrogens with zero attached hydrogens (tertiary/aromatic N) is 3. The van der Waals surface area contributed by atoms with E-state index in [1.165, 1.54) is 5.56 Å². The Bertz CT molecular complexity index is 224. The van der Waals surface area contributed by atoms with Gasteiger partial charge in [-0.25, -0.2) is 0 Å². The molecule has 1 rings (SSSR count). The minimum absolute atomic E-state index is 0.701. The topological polar surface area (TPSA) is 55.0 Å². The van der Waals surface area contributed by atoms with Crippen molar-refractivity contribution in [3.8, 4) is 0 Å². The first-order valence-corrected chi connectivity index (χ1v) is 4.54. The highest BCUT2D eigenvalue weighted by Gasteiger charge is 2.01. The van der Waals surface area contributed by atoms with Crippen LogP contribution in [0, 0.1) is 0 Å². The smallest absolute Gasteiger partial charge is 0.0541 e. The Morgan fingerprint density at radius 1 is 1.46 bits per heavy atom. The van der Waals surface area contributed by atoms with Gasteiger partial charge in [0.05, 0.1) is 6.20 Å². The van der Waals surface area contributed by atoms with Gasteiger partial charge >= 0.3 is 0 Å². The van der Waals surface area contributed by atoms with E-state index in [9.17, 15) is 0 Å². The number of rotatable bonds is 5. The first-order valence-electron chi connectivity index (χ1n) is 4.54. The minimum Gasteiger partial charge on any atom is -0.329 e. The van der Waals surface area contributed by atoms with Crippen LogP contribution in [0.15, 0.2) is 18.5 Å². The van der Waals surface area contributed by atoms with E-state index in [0.717, 1.165) is 19.6 Å². The Morgan fingerprint density at radius 2 is 2.31 bits per heavy atom. The molecule has 0 radical (unpaired) electrons. The number of likely N-dealkylation sites (N-methyl/N-ethyl adjacent to an activating group) is 1. The van der Waals surface area contributed by atoms with E-state index in [-0.39, 0.29) is 0 Å². The van der Waals surface area contributed by atoms with Crippen molar-refractivity contribution in [2.45, 2.75) is 13.5 Å². The lowest BCUT2D eigenvalue weighted by atomic mass is 10.3. The second-order valence-electron chi connectivity index (χ2n) is 2.91. The van der Waals surface area contributed by atoms with E-state index in [1.54, 1.807) is 12.4 Å². The molecule has 0 spiro atoms. The van der Waals surface area contributed by atoms with E-state index in [4.69, 9.17) is 5.73 Å². The first kappa shape index (κ1) is 10.1. The number of nitrogens with two attached hydrogens (primary N) is 1. The van der Waals surface area contributed by atoms with E-state index in [0.29, 0.717) is 6.54 Å². The predicted octanol–water partition coefficient (Wildman–Crippen LogP) is 0.257. The fourth-order valence-corrected chi connectivity index (χ4v) is 1.20. The SMILES string of the molecule is CCN(CCN)Cc1ccnnc1. The Hall–Kier alpha value is -1.00. The lowest BCUT2D eigenvalue weighted by molar-refractivity contribution is 0.287. The molecule has 0 aliphatic heterocycles. The molecule has 1 heterocycles. The first-order chi connectivity index (χ1) is 6.36. The molecule has 0 atom stereocenters. The van der Waals surface area contributed by atoms with Crippen LogP contribution >= 0.6 is 0 Å². The van der Waals surface area contributed by atoms with Crippen LogP contribution < -0.4 is 5.73 Å². The largest absolute Gasteiger partial charge is 0.329 e. The van der Waals surface area contributed by atoms with Gasteiger partial charge < -0.3 is 5.73 Å². The normalized spacial score (nSPS) is 10.7. The second-order valence-corrected chi connectivity index (χ2v) is 2.91. The summed E-state index contributed by atoms with van der Waals surface area (Å²) in [5.74, 6) is 0. The standard InChI is InChI=1S/C9H16N4/c1-2-13(6-4-10)8-9-3-5-11-12-7-9/h3,5,7H,2,4,6,8,10H2,1H3. The van der Waals surface area contributed by atoms with Crippen LogP contribution in [0.1, 0.15) is 12.5 Å². The van der Waals surface area contributed by atoms with Gasteiger partial charge in [-0.3, -0.25) is 4.90 Å². The summed E-state index contributed by atoms with van der Waals surface area (Å²) in [7, 11) is 0. The van der Waals surface area contributed by atoms with Gasteiger partial charge in [0.1, 0.15) is 0 Å². The van der Waals surface area contributed by atoms with Crippen LogP contribution in [0.3, 0.4) is 0 Å². The maximum Gasteiger partial charge on any atom is 0.0541 e. The van der Waals surface area contributed by atoms with Gasteiger partial charge in [-0.05, 0) is 18.2 Å². The fourth-order valence-electron chi connectivity index (χ4n) is 1.20. The third-order valence-electron chi connectivity index (χ3n) is 1.94. The molecule has 0 bridgehead atoms. The molecule has 0 amide bonds. The lowest BCUT2D eigenvalue weighted by Gasteiger charge is -2.18. The molecule has 0 saturated heterocycles. The second kappa shape index (κ2) is 5.61. The van der Waals surface area contributed by atoms with Crippen LogP contribution in [0.2, 0.25) is 0 Å². The van der Waals surface area contributed by atoms with Gasteiger partial charge in [-0.15, -0.1) is 0 Å². The minimum atomic E-state index is 0.701. The highest BCUT2D eigenvalue weighted by Crippen LogP contribution is 2.00. The Morgan fingerprint density at radius 3 is 2.85 bits per heavy atom. The maximum absolute atomic E-state index is 5.49. The number of aromatic nitrogens is 2. The number of hydrogen-bond donors (Lipinski definition) is 1. The summed E-state index contributed by atoms with van der Waals surface area (Å²) in [5.41, 5.74) is 6.67. The van der Waals surface area contributed by atoms with Crippen LogP contribution in [-0.2, 0) is 6.54 Å². The predicted molar refractivity (Wildman–Crippen MR) is 52.0 cm³/mol. The molecule has 2 N–H and O–H groups in total. The van der Waals surface area contributed by atoms with E-state index < -0.39 is 0 Å². The molecule has 0 fully saturated rings. The molecule has 0 unspecified atom stereocenters. The molecule has 1 aromatic heterocycles. The summed E-state index contributed by atoms with van der Waals surface area (Å²) in [6.45, 7) is 5.68. The summed E-state index contributed by atoms with van der Waals surface area (Å²) in [6.07, 6.45) is 3.50. The molecule has 4 heteroatoms. The molecule has 72 valence electrons. The molecule has 1 aromatic rings. The third kappa shape index (κ3) is 3.48. The van der Waals surface area contributed by atoms with Gasteiger partial charge in [0.2, 0.25) is 0 Å². The van der Waals surface area contributed by atoms with Crippen molar-refractivity contribution in [3.05, 3.63) is 24.0 Å². The van der Waals surface area contributed by atoms with Crippen molar-refractivity contribution in [1.29, 1.82) is 0 Å². The maximum atomic E-state index is 5.49. The average Bonchev–Trinajstić information content (AvgIpc) is 2.19. The van der Waals surface area contributed by atoms with Crippen molar-refractivity contribution in [2.75, 3.05) is 19.6 Å². The molecule has 0 aliphatic rings. The lowest BCUT2D eigenvalue weighted by Crippen LogP contribution is -2.28. The summed E-state index contributed by atoms with van der Waals surface area (Å²) < 4.78 is 0. The quantitative estimate of drug-likeness (QED) is 0.706. The number of hydrogen-bond acceptors (Lipinski definition) is 4. The van der Waals surface area contributed by atoms with Crippen molar-refractivity contribution < 1.29 is 0 Å². The van der Waals surface area contributed by atoms with Crippen LogP contribution in [0.4, 0.5) is 0 Å². The zero-order valence-electron chi connectivity index (χ0n) is 7.98. The Balaban J connectivity index is 2.46. The third-order valence-corrected chi connectivity index (χ3v) is 1.94. The van der Waals surface area contributed by atoms with Crippen LogP contribution in [0.5, 0.6) is 0 Å². The van der Waals surface area contributed by atoms with Gasteiger partial charge in [0.25, 0.3) is 0 Å². The molecular weight excluding hydrogens is 164 g/mol. The molecule has 0 saturated carbocycles. The zero-order valence-corrected chi connectivity index (χ0v) is 7.98. The average molecular weight is 180 g/mol. The van der Waals surface area contributed by atoms with Crippen LogP contribution in [0.25, 0.3) is 0 Å². The highest BCUT2D eigenvalue weighted by atomic mass is 15.1. The van der Waals surface area contributed by atoms with E-state index in [2.05, 4.69) is 22.0 Å². The van der Waals surface area contributed by atoms with Gasteiger partial charge in [-0.2, -0.15) is 10.2 Å². The van der Waals surface area contributed by atoms with E-state index in [1.807, 2.05) is 6.07 Å². The monoisotopic (exact) mass is 180 g/mol. The Labute approximate surface area is 78.8 Å². The Kier molecular flexibility index (Phi) is 4.35. The fraction of sp³-hybridized carbons (Fsp3) is 0.556. The molecule has 0 aliphatic carbocycles. The van der Waals surface area contributed by atoms with E-state index >= 15 is 0 Å². The van der Waals surface area contributed by atoms with Crippen molar-refractivity contribution in [3.63, 3.8) is 0 Å².